The molecule has 0 bridgehead atoms. The van der Waals surface area contributed by atoms with E-state index in [0.29, 0.717) is 0 Å². The Hall–Kier alpha value is -3.87. The maximum absolute atomic E-state index is 12.4. The van der Waals surface area contributed by atoms with Gasteiger partial charge in [0.05, 0.1) is 0 Å². The number of aromatic nitrogens is 3. The monoisotopic (exact) mass is 459 g/mol. The topological polar surface area (TPSA) is 176 Å². The number of aromatic amines is 3. The van der Waals surface area contributed by atoms with Gasteiger partial charge in [0.2, 0.25) is 6.29 Å². The Kier molecular flexibility index (Phi) is 6.58. The van der Waals surface area contributed by atoms with Gasteiger partial charge in [0, 0.05) is 18.6 Å². The second-order valence-electron chi connectivity index (χ2n) is 7.15. The number of aliphatic hydroxyl groups excluding tert-OH is 2. The number of aliphatic hydroxyl groups is 2. The zero-order valence-corrected chi connectivity index (χ0v) is 17.0. The van der Waals surface area contributed by atoms with E-state index in [-0.39, 0.29) is 17.1 Å². The standard InChI is InChI=1S/C21H21N3O9/c25-15-14(10-30-18(27)11-4-1-7-22-11)31-21(33-20(29)13-6-3-9-24-13)17(16(15)26)32-19(28)12-5-2-8-23-12/h1-9,14-17,21-26H,10H2/t14-,15-,16+,17-,21+/m1/s1. The maximum Gasteiger partial charge on any atom is 0.357 e. The van der Waals surface area contributed by atoms with Gasteiger partial charge in [0.1, 0.15) is 42.0 Å². The van der Waals surface area contributed by atoms with Crippen molar-refractivity contribution in [3.05, 3.63) is 72.1 Å². The summed E-state index contributed by atoms with van der Waals surface area (Å²) in [6.45, 7) is -0.468. The molecule has 3 aromatic rings. The van der Waals surface area contributed by atoms with E-state index in [4.69, 9.17) is 18.9 Å². The molecule has 33 heavy (non-hydrogen) atoms. The lowest BCUT2D eigenvalue weighted by atomic mass is 9.99. The number of hydrogen-bond donors (Lipinski definition) is 5. The van der Waals surface area contributed by atoms with Crippen LogP contribution >= 0.6 is 0 Å². The first-order valence-electron chi connectivity index (χ1n) is 9.95. The van der Waals surface area contributed by atoms with Gasteiger partial charge in [-0.05, 0) is 36.4 Å². The second kappa shape index (κ2) is 9.73. The van der Waals surface area contributed by atoms with Crippen LogP contribution in [0.25, 0.3) is 0 Å². The van der Waals surface area contributed by atoms with Gasteiger partial charge < -0.3 is 44.1 Å². The number of hydrogen-bond acceptors (Lipinski definition) is 9. The van der Waals surface area contributed by atoms with E-state index in [9.17, 15) is 24.6 Å². The third kappa shape index (κ3) is 4.98. The number of carbonyl (C=O) groups excluding carboxylic acids is 3. The minimum atomic E-state index is -1.71. The maximum atomic E-state index is 12.4. The summed E-state index contributed by atoms with van der Waals surface area (Å²) in [5.41, 5.74) is 0.338. The Balaban J connectivity index is 1.49. The van der Waals surface area contributed by atoms with E-state index in [2.05, 4.69) is 15.0 Å². The molecule has 4 heterocycles. The molecule has 1 saturated heterocycles. The number of rotatable bonds is 7. The van der Waals surface area contributed by atoms with Gasteiger partial charge in [-0.15, -0.1) is 0 Å². The molecule has 0 saturated carbocycles. The molecule has 0 aliphatic carbocycles. The predicted molar refractivity (Wildman–Crippen MR) is 108 cm³/mol. The highest BCUT2D eigenvalue weighted by Crippen LogP contribution is 2.26. The van der Waals surface area contributed by atoms with Crippen LogP contribution in [0.1, 0.15) is 31.5 Å². The summed E-state index contributed by atoms with van der Waals surface area (Å²) in [5.74, 6) is -2.43. The summed E-state index contributed by atoms with van der Waals surface area (Å²) < 4.78 is 21.3. The summed E-state index contributed by atoms with van der Waals surface area (Å²) >= 11 is 0. The van der Waals surface area contributed by atoms with Gasteiger partial charge >= 0.3 is 17.9 Å². The van der Waals surface area contributed by atoms with Crippen LogP contribution in [0.4, 0.5) is 0 Å². The molecule has 1 aliphatic rings. The fraction of sp³-hybridized carbons (Fsp3) is 0.286. The largest absolute Gasteiger partial charge is 0.458 e. The third-order valence-electron chi connectivity index (χ3n) is 4.94. The van der Waals surface area contributed by atoms with Gasteiger partial charge in [-0.3, -0.25) is 0 Å². The van der Waals surface area contributed by atoms with Crippen molar-refractivity contribution in [3.8, 4) is 0 Å². The molecule has 12 nitrogen and oxygen atoms in total. The molecule has 1 aliphatic heterocycles. The number of carbonyl (C=O) groups is 3. The molecule has 3 aromatic heterocycles. The van der Waals surface area contributed by atoms with Crippen molar-refractivity contribution in [2.24, 2.45) is 0 Å². The minimum absolute atomic E-state index is 0.0770. The van der Waals surface area contributed by atoms with E-state index >= 15 is 0 Å². The van der Waals surface area contributed by atoms with Crippen LogP contribution in [-0.4, -0.2) is 80.4 Å². The summed E-state index contributed by atoms with van der Waals surface area (Å²) in [4.78, 5) is 44.9. The smallest absolute Gasteiger partial charge is 0.357 e. The first-order valence-corrected chi connectivity index (χ1v) is 9.95. The van der Waals surface area contributed by atoms with Crippen LogP contribution < -0.4 is 0 Å². The Morgan fingerprint density at radius 3 is 1.82 bits per heavy atom. The van der Waals surface area contributed by atoms with E-state index in [0.717, 1.165) is 0 Å². The Labute approximate surface area is 186 Å². The van der Waals surface area contributed by atoms with Crippen molar-refractivity contribution in [2.45, 2.75) is 30.7 Å². The van der Waals surface area contributed by atoms with Crippen LogP contribution in [0.3, 0.4) is 0 Å². The van der Waals surface area contributed by atoms with Crippen LogP contribution in [0.2, 0.25) is 0 Å². The van der Waals surface area contributed by atoms with Gasteiger partial charge in [-0.2, -0.15) is 0 Å². The number of esters is 3. The number of ether oxygens (including phenoxy) is 4. The summed E-state index contributed by atoms with van der Waals surface area (Å²) in [6, 6.07) is 9.13. The molecule has 5 atom stereocenters. The predicted octanol–water partition coefficient (Wildman–Crippen LogP) is 0.357. The van der Waals surface area contributed by atoms with Crippen molar-refractivity contribution >= 4 is 17.9 Å². The van der Waals surface area contributed by atoms with Crippen molar-refractivity contribution in [3.63, 3.8) is 0 Å². The Morgan fingerprint density at radius 1 is 0.788 bits per heavy atom. The first-order chi connectivity index (χ1) is 15.9. The van der Waals surface area contributed by atoms with Gasteiger partial charge in [0.25, 0.3) is 0 Å². The van der Waals surface area contributed by atoms with E-state index in [1.54, 1.807) is 18.2 Å². The highest BCUT2D eigenvalue weighted by molar-refractivity contribution is 5.88. The number of H-pyrrole nitrogens is 3. The van der Waals surface area contributed by atoms with Crippen LogP contribution in [-0.2, 0) is 18.9 Å². The third-order valence-corrected chi connectivity index (χ3v) is 4.94. The minimum Gasteiger partial charge on any atom is -0.458 e. The lowest BCUT2D eigenvalue weighted by Crippen LogP contribution is -2.61. The van der Waals surface area contributed by atoms with Gasteiger partial charge in [-0.25, -0.2) is 14.4 Å². The zero-order valence-electron chi connectivity index (χ0n) is 17.0. The van der Waals surface area contributed by atoms with E-state index in [1.807, 2.05) is 0 Å². The molecule has 5 N–H and O–H groups in total. The van der Waals surface area contributed by atoms with Crippen LogP contribution in [0, 0.1) is 0 Å². The highest BCUT2D eigenvalue weighted by Gasteiger charge is 2.49. The fourth-order valence-corrected chi connectivity index (χ4v) is 3.23. The molecule has 4 rings (SSSR count). The number of nitrogens with one attached hydrogen (secondary N) is 3. The average molecular weight is 459 g/mol. The first kappa shape index (κ1) is 22.3. The quantitative estimate of drug-likeness (QED) is 0.247. The Bertz CT molecular complexity index is 1060. The molecular weight excluding hydrogens is 438 g/mol. The molecule has 0 amide bonds. The molecule has 0 radical (unpaired) electrons. The lowest BCUT2D eigenvalue weighted by Gasteiger charge is -2.40. The summed E-state index contributed by atoms with van der Waals surface area (Å²) in [7, 11) is 0. The van der Waals surface area contributed by atoms with Crippen molar-refractivity contribution in [1.82, 2.24) is 15.0 Å². The second-order valence-corrected chi connectivity index (χ2v) is 7.15. The zero-order chi connectivity index (χ0) is 23.4. The normalized spacial score (nSPS) is 24.7. The molecule has 12 heteroatoms. The van der Waals surface area contributed by atoms with Crippen molar-refractivity contribution in [1.29, 1.82) is 0 Å². The van der Waals surface area contributed by atoms with E-state index in [1.165, 1.54) is 36.8 Å². The summed E-state index contributed by atoms with van der Waals surface area (Å²) in [6.07, 6.45) is -3.25. The SMILES string of the molecule is O=C(OC[C@H]1O[C@@H](OC(=O)c2ccc[nH]2)[C@H](OC(=O)c2ccc[nH]2)[C@@H](O)[C@@H]1O)c1ccc[nH]1. The lowest BCUT2D eigenvalue weighted by molar-refractivity contribution is -0.284. The van der Waals surface area contributed by atoms with Crippen molar-refractivity contribution in [2.75, 3.05) is 6.61 Å². The molecular formula is C21H21N3O9. The molecule has 174 valence electrons. The summed E-state index contributed by atoms with van der Waals surface area (Å²) in [5, 5.41) is 21.2. The molecule has 1 fully saturated rings. The van der Waals surface area contributed by atoms with Gasteiger partial charge in [0.15, 0.2) is 6.10 Å². The van der Waals surface area contributed by atoms with Crippen molar-refractivity contribution < 1.29 is 43.5 Å². The molecule has 0 aromatic carbocycles. The Morgan fingerprint density at radius 2 is 1.30 bits per heavy atom. The average Bonchev–Trinajstić information content (AvgIpc) is 3.59. The van der Waals surface area contributed by atoms with Crippen LogP contribution in [0.5, 0.6) is 0 Å². The van der Waals surface area contributed by atoms with E-state index < -0.39 is 55.2 Å². The van der Waals surface area contributed by atoms with Crippen LogP contribution in [0.15, 0.2) is 55.0 Å². The molecule has 0 spiro atoms. The van der Waals surface area contributed by atoms with Gasteiger partial charge in [-0.1, -0.05) is 0 Å². The fourth-order valence-electron chi connectivity index (χ4n) is 3.23. The highest BCUT2D eigenvalue weighted by atomic mass is 16.7. The molecule has 0 unspecified atom stereocenters.